The second-order valence-electron chi connectivity index (χ2n) is 10.3. The molecular weight excluding hydrogens is 417 g/mol. The average Bonchev–Trinajstić information content (AvgIpc) is 2.74. The van der Waals surface area contributed by atoms with Gasteiger partial charge in [0, 0.05) is 26.2 Å². The minimum atomic E-state index is -0.434. The highest BCUT2D eigenvalue weighted by atomic mass is 35.5. The van der Waals surface area contributed by atoms with Crippen LogP contribution in [0, 0.1) is 29.0 Å². The summed E-state index contributed by atoms with van der Waals surface area (Å²) in [7, 11) is 0. The maximum absolute atomic E-state index is 13.6. The summed E-state index contributed by atoms with van der Waals surface area (Å²) in [6.45, 7) is 4.59. The van der Waals surface area contributed by atoms with Crippen LogP contribution in [0.4, 0.5) is 10.1 Å². The van der Waals surface area contributed by atoms with Gasteiger partial charge in [0.05, 0.1) is 22.2 Å². The summed E-state index contributed by atoms with van der Waals surface area (Å²) in [5.74, 6) is 2.06. The van der Waals surface area contributed by atoms with E-state index in [0.29, 0.717) is 37.8 Å². The molecule has 168 valence electrons. The molecule has 6 rings (SSSR count). The highest BCUT2D eigenvalue weighted by Gasteiger charge is 2.55. The molecule has 0 radical (unpaired) electrons. The summed E-state index contributed by atoms with van der Waals surface area (Å²) in [4.78, 5) is 30.4. The molecule has 1 aromatic rings. The lowest BCUT2D eigenvalue weighted by Gasteiger charge is -2.57. The number of halogens is 2. The Labute approximate surface area is 188 Å². The highest BCUT2D eigenvalue weighted by molar-refractivity contribution is 6.33. The second kappa shape index (κ2) is 8.04. The first-order valence-electron chi connectivity index (χ1n) is 11.6. The maximum atomic E-state index is 13.6. The fraction of sp³-hybridized carbons (Fsp3) is 0.667. The molecule has 1 saturated heterocycles. The Hall–Kier alpha value is -1.66. The van der Waals surface area contributed by atoms with E-state index in [1.54, 1.807) is 0 Å². The van der Waals surface area contributed by atoms with Crippen molar-refractivity contribution in [2.24, 2.45) is 23.2 Å². The summed E-state index contributed by atoms with van der Waals surface area (Å²) < 4.78 is 13.2. The minimum Gasteiger partial charge on any atom is -0.340 e. The van der Waals surface area contributed by atoms with Crippen molar-refractivity contribution in [3.8, 4) is 0 Å². The molecule has 5 nitrogen and oxygen atoms in total. The van der Waals surface area contributed by atoms with Crippen LogP contribution in [0.5, 0.6) is 0 Å². The van der Waals surface area contributed by atoms with Crippen molar-refractivity contribution in [2.75, 3.05) is 31.5 Å². The third kappa shape index (κ3) is 3.97. The molecule has 5 aliphatic rings. The van der Waals surface area contributed by atoms with Crippen LogP contribution in [0.15, 0.2) is 18.2 Å². The number of nitrogens with one attached hydrogen (secondary N) is 1. The number of hydrogen-bond acceptors (Lipinski definition) is 3. The molecule has 1 aliphatic heterocycles. The SMILES string of the molecule is CC(C(=O)Nc1ccc(F)cc1Cl)N1CCN(C(=O)C23CC4CC(CC(C4)C2)C3)CC1. The van der Waals surface area contributed by atoms with Crippen LogP contribution in [0.25, 0.3) is 0 Å². The third-order valence-electron chi connectivity index (χ3n) is 8.21. The molecule has 4 bridgehead atoms. The monoisotopic (exact) mass is 447 g/mol. The zero-order valence-corrected chi connectivity index (χ0v) is 18.8. The number of amides is 2. The van der Waals surface area contributed by atoms with Gasteiger partial charge in [0.15, 0.2) is 0 Å². The molecule has 1 heterocycles. The second-order valence-corrected chi connectivity index (χ2v) is 10.7. The van der Waals surface area contributed by atoms with Gasteiger partial charge in [0.25, 0.3) is 0 Å². The zero-order chi connectivity index (χ0) is 21.8. The summed E-state index contributed by atoms with van der Waals surface area (Å²) in [5.41, 5.74) is 0.315. The predicted octanol–water partition coefficient (Wildman–Crippen LogP) is 4.17. The average molecular weight is 448 g/mol. The number of rotatable bonds is 4. The molecule has 0 spiro atoms. The van der Waals surface area contributed by atoms with Crippen LogP contribution in [0.2, 0.25) is 5.02 Å². The van der Waals surface area contributed by atoms with Gasteiger partial charge in [0.2, 0.25) is 11.8 Å². The lowest BCUT2D eigenvalue weighted by molar-refractivity contribution is -0.159. The van der Waals surface area contributed by atoms with E-state index in [1.807, 2.05) is 6.92 Å². The number of nitrogens with zero attached hydrogens (tertiary/aromatic N) is 2. The molecule has 7 heteroatoms. The van der Waals surface area contributed by atoms with Crippen LogP contribution in [-0.4, -0.2) is 53.8 Å². The van der Waals surface area contributed by atoms with Crippen LogP contribution in [0.3, 0.4) is 0 Å². The number of anilines is 1. The molecule has 4 aliphatic carbocycles. The molecule has 4 saturated carbocycles. The Morgan fingerprint density at radius 2 is 1.65 bits per heavy atom. The highest BCUT2D eigenvalue weighted by Crippen LogP contribution is 2.60. The normalized spacial score (nSPS) is 33.4. The van der Waals surface area contributed by atoms with Crippen LogP contribution in [0.1, 0.15) is 45.4 Å². The molecule has 31 heavy (non-hydrogen) atoms. The van der Waals surface area contributed by atoms with E-state index in [0.717, 1.165) is 37.0 Å². The van der Waals surface area contributed by atoms with Gasteiger partial charge < -0.3 is 10.2 Å². The fourth-order valence-corrected chi connectivity index (χ4v) is 7.23. The summed E-state index contributed by atoms with van der Waals surface area (Å²) in [6, 6.07) is 3.60. The van der Waals surface area contributed by atoms with Gasteiger partial charge in [-0.25, -0.2) is 4.39 Å². The standard InChI is InChI=1S/C24H31ClFN3O2/c1-15(22(30)27-21-3-2-19(26)11-20(21)25)28-4-6-29(7-5-28)23(31)24-12-16-8-17(13-24)10-18(9-16)14-24/h2-3,11,15-18H,4-10,12-14H2,1H3,(H,27,30). The first-order valence-corrected chi connectivity index (χ1v) is 12.0. The molecule has 1 aromatic carbocycles. The first-order chi connectivity index (χ1) is 14.8. The third-order valence-corrected chi connectivity index (χ3v) is 8.52. The Kier molecular flexibility index (Phi) is 5.50. The van der Waals surface area contributed by atoms with Crippen molar-refractivity contribution >= 4 is 29.1 Å². The number of carbonyl (C=O) groups is 2. The number of piperazine rings is 1. The van der Waals surface area contributed by atoms with Crippen molar-refractivity contribution in [1.29, 1.82) is 0 Å². The lowest BCUT2D eigenvalue weighted by Crippen LogP contribution is -2.59. The van der Waals surface area contributed by atoms with Gasteiger partial charge in [-0.05, 0) is 81.4 Å². The number of hydrogen-bond donors (Lipinski definition) is 1. The van der Waals surface area contributed by atoms with Crippen LogP contribution < -0.4 is 5.32 Å². The van der Waals surface area contributed by atoms with Crippen molar-refractivity contribution in [3.05, 3.63) is 29.0 Å². The molecule has 5 fully saturated rings. The smallest absolute Gasteiger partial charge is 0.241 e. The predicted molar refractivity (Wildman–Crippen MR) is 118 cm³/mol. The molecule has 2 amide bonds. The lowest BCUT2D eigenvalue weighted by atomic mass is 9.49. The summed E-state index contributed by atoms with van der Waals surface area (Å²) in [5, 5.41) is 2.98. The summed E-state index contributed by atoms with van der Waals surface area (Å²) >= 11 is 6.03. The topological polar surface area (TPSA) is 52.7 Å². The van der Waals surface area contributed by atoms with E-state index in [-0.39, 0.29) is 22.4 Å². The van der Waals surface area contributed by atoms with E-state index >= 15 is 0 Å². The molecule has 1 N–H and O–H groups in total. The van der Waals surface area contributed by atoms with Crippen LogP contribution in [-0.2, 0) is 9.59 Å². The van der Waals surface area contributed by atoms with E-state index in [9.17, 15) is 14.0 Å². The zero-order valence-electron chi connectivity index (χ0n) is 18.1. The van der Waals surface area contributed by atoms with Crippen molar-refractivity contribution in [3.63, 3.8) is 0 Å². The van der Waals surface area contributed by atoms with E-state index in [2.05, 4.69) is 15.1 Å². The van der Waals surface area contributed by atoms with E-state index < -0.39 is 5.82 Å². The number of benzene rings is 1. The molecule has 1 atom stereocenters. The van der Waals surface area contributed by atoms with Crippen molar-refractivity contribution in [1.82, 2.24) is 9.80 Å². The summed E-state index contributed by atoms with van der Waals surface area (Å²) in [6.07, 6.45) is 7.29. The fourth-order valence-electron chi connectivity index (χ4n) is 7.01. The largest absolute Gasteiger partial charge is 0.340 e. The van der Waals surface area contributed by atoms with E-state index in [1.165, 1.54) is 37.5 Å². The van der Waals surface area contributed by atoms with Crippen LogP contribution >= 0.6 is 11.6 Å². The van der Waals surface area contributed by atoms with Gasteiger partial charge in [-0.15, -0.1) is 0 Å². The Morgan fingerprint density at radius 3 is 2.19 bits per heavy atom. The van der Waals surface area contributed by atoms with Gasteiger partial charge >= 0.3 is 0 Å². The van der Waals surface area contributed by atoms with Crippen molar-refractivity contribution < 1.29 is 14.0 Å². The molecule has 1 unspecified atom stereocenters. The Morgan fingerprint density at radius 1 is 1.06 bits per heavy atom. The Balaban J connectivity index is 1.17. The van der Waals surface area contributed by atoms with Gasteiger partial charge in [0.1, 0.15) is 5.82 Å². The minimum absolute atomic E-state index is 0.0980. The quantitative estimate of drug-likeness (QED) is 0.753. The first kappa shape index (κ1) is 21.2. The number of carbonyl (C=O) groups excluding carboxylic acids is 2. The molecule has 0 aromatic heterocycles. The van der Waals surface area contributed by atoms with Gasteiger partial charge in [-0.2, -0.15) is 0 Å². The van der Waals surface area contributed by atoms with E-state index in [4.69, 9.17) is 11.6 Å². The van der Waals surface area contributed by atoms with Crippen molar-refractivity contribution in [2.45, 2.75) is 51.5 Å². The van der Waals surface area contributed by atoms with Gasteiger partial charge in [-0.3, -0.25) is 14.5 Å². The maximum Gasteiger partial charge on any atom is 0.241 e. The molecular formula is C24H31ClFN3O2. The Bertz CT molecular complexity index is 848. The van der Waals surface area contributed by atoms with Gasteiger partial charge in [-0.1, -0.05) is 11.6 Å².